The van der Waals surface area contributed by atoms with Crippen LogP contribution in [0.15, 0.2) is 84.9 Å². The summed E-state index contributed by atoms with van der Waals surface area (Å²) in [6, 6.07) is 28.4. The third kappa shape index (κ3) is 5.72. The number of nitrogens with one attached hydrogen (secondary N) is 2. The van der Waals surface area contributed by atoms with E-state index in [-0.39, 0.29) is 18.0 Å². The third-order valence-electron chi connectivity index (χ3n) is 5.65. The molecule has 5 heteroatoms. The molecule has 0 saturated carbocycles. The molecular weight excluding hydrogens is 386 g/mol. The minimum Gasteiger partial charge on any atom is -0.457 e. The highest BCUT2D eigenvalue weighted by molar-refractivity contribution is 5.81. The third-order valence-corrected chi connectivity index (χ3v) is 5.65. The maximum absolute atomic E-state index is 12.5. The van der Waals surface area contributed by atoms with Crippen molar-refractivity contribution in [3.63, 3.8) is 0 Å². The van der Waals surface area contributed by atoms with Crippen LogP contribution in [0, 0.1) is 0 Å². The van der Waals surface area contributed by atoms with E-state index >= 15 is 0 Å². The number of carbonyl (C=O) groups excluding carboxylic acids is 1. The van der Waals surface area contributed by atoms with E-state index < -0.39 is 0 Å². The fourth-order valence-electron chi connectivity index (χ4n) is 4.09. The number of amides is 1. The van der Waals surface area contributed by atoms with E-state index in [1.807, 2.05) is 60.7 Å². The molecule has 0 bridgehead atoms. The van der Waals surface area contributed by atoms with Crippen LogP contribution in [0.3, 0.4) is 0 Å². The summed E-state index contributed by atoms with van der Waals surface area (Å²) in [6.07, 6.45) is 0.798. The van der Waals surface area contributed by atoms with E-state index in [1.54, 1.807) is 7.05 Å². The van der Waals surface area contributed by atoms with E-state index in [9.17, 15) is 4.79 Å². The molecule has 0 radical (unpaired) electrons. The van der Waals surface area contributed by atoms with Crippen LogP contribution in [-0.4, -0.2) is 36.5 Å². The molecule has 4 rings (SSSR count). The topological polar surface area (TPSA) is 53.6 Å². The molecule has 1 aliphatic rings. The largest absolute Gasteiger partial charge is 0.457 e. The van der Waals surface area contributed by atoms with Gasteiger partial charge in [-0.25, -0.2) is 0 Å². The maximum Gasteiger partial charge on any atom is 0.237 e. The number of benzene rings is 3. The molecule has 0 aliphatic carbocycles. The Bertz CT molecular complexity index is 978. The van der Waals surface area contributed by atoms with E-state index in [4.69, 9.17) is 4.74 Å². The van der Waals surface area contributed by atoms with Gasteiger partial charge in [-0.1, -0.05) is 60.7 Å². The quantitative estimate of drug-likeness (QED) is 0.585. The minimum absolute atomic E-state index is 0.0819. The van der Waals surface area contributed by atoms with Gasteiger partial charge < -0.3 is 15.4 Å². The van der Waals surface area contributed by atoms with Gasteiger partial charge in [0, 0.05) is 32.7 Å². The molecule has 0 spiro atoms. The Morgan fingerprint density at radius 3 is 2.35 bits per heavy atom. The molecule has 1 fully saturated rings. The van der Waals surface area contributed by atoms with Crippen LogP contribution >= 0.6 is 0 Å². The number of nitrogens with zero attached hydrogens (tertiary/aromatic N) is 1. The molecule has 2 N–H and O–H groups in total. The number of likely N-dealkylation sites (tertiary alicyclic amines) is 1. The Labute approximate surface area is 184 Å². The summed E-state index contributed by atoms with van der Waals surface area (Å²) in [7, 11) is 1.71. The summed E-state index contributed by atoms with van der Waals surface area (Å²) in [4.78, 5) is 14.7. The SMILES string of the molecule is CNC(=O)[C@@H]1C[C@H](NCc2cccc(Oc3ccccc3)c2)CN1Cc1ccccc1. The first-order valence-electron chi connectivity index (χ1n) is 10.8. The van der Waals surface area contributed by atoms with E-state index in [2.05, 4.69) is 39.8 Å². The number of para-hydroxylation sites is 1. The minimum atomic E-state index is -0.115. The number of hydrogen-bond donors (Lipinski definition) is 2. The molecule has 2 atom stereocenters. The fourth-order valence-corrected chi connectivity index (χ4v) is 4.09. The van der Waals surface area contributed by atoms with Crippen molar-refractivity contribution < 1.29 is 9.53 Å². The van der Waals surface area contributed by atoms with Gasteiger partial charge in [0.15, 0.2) is 0 Å². The van der Waals surface area contributed by atoms with Crippen LogP contribution in [0.1, 0.15) is 17.5 Å². The highest BCUT2D eigenvalue weighted by Gasteiger charge is 2.35. The maximum atomic E-state index is 12.5. The Morgan fingerprint density at radius 1 is 0.935 bits per heavy atom. The summed E-state index contributed by atoms with van der Waals surface area (Å²) in [5.74, 6) is 1.73. The van der Waals surface area contributed by atoms with Crippen molar-refractivity contribution in [2.45, 2.75) is 31.6 Å². The van der Waals surface area contributed by atoms with E-state index in [0.29, 0.717) is 0 Å². The smallest absolute Gasteiger partial charge is 0.237 e. The Morgan fingerprint density at radius 2 is 1.61 bits per heavy atom. The molecule has 1 saturated heterocycles. The Kier molecular flexibility index (Phi) is 6.97. The van der Waals surface area contributed by atoms with Crippen LogP contribution in [0.5, 0.6) is 11.5 Å². The lowest BCUT2D eigenvalue weighted by atomic mass is 10.1. The van der Waals surface area contributed by atoms with Gasteiger partial charge in [-0.2, -0.15) is 0 Å². The van der Waals surface area contributed by atoms with Crippen molar-refractivity contribution in [2.24, 2.45) is 0 Å². The standard InChI is InChI=1S/C26H29N3O2/c1-27-26(30)25-16-22(19-29(25)18-20-9-4-2-5-10-20)28-17-21-11-8-14-24(15-21)31-23-12-6-3-7-13-23/h2-15,22,25,28H,16-19H2,1H3,(H,27,30)/t22-,25-/m0/s1. The lowest BCUT2D eigenvalue weighted by Crippen LogP contribution is -2.41. The Balaban J connectivity index is 1.37. The zero-order chi connectivity index (χ0) is 21.5. The van der Waals surface area contributed by atoms with Crippen LogP contribution in [0.4, 0.5) is 0 Å². The molecule has 1 heterocycles. The number of hydrogen-bond acceptors (Lipinski definition) is 4. The van der Waals surface area contributed by atoms with Crippen molar-refractivity contribution >= 4 is 5.91 Å². The van der Waals surface area contributed by atoms with Crippen molar-refractivity contribution in [1.29, 1.82) is 0 Å². The van der Waals surface area contributed by atoms with Gasteiger partial charge in [-0.3, -0.25) is 9.69 Å². The number of ether oxygens (including phenoxy) is 1. The van der Waals surface area contributed by atoms with Gasteiger partial charge >= 0.3 is 0 Å². The monoisotopic (exact) mass is 415 g/mol. The highest BCUT2D eigenvalue weighted by atomic mass is 16.5. The molecule has 160 valence electrons. The average Bonchev–Trinajstić information content (AvgIpc) is 3.21. The predicted molar refractivity (Wildman–Crippen MR) is 123 cm³/mol. The second-order valence-corrected chi connectivity index (χ2v) is 7.92. The van der Waals surface area contributed by atoms with Gasteiger partial charge in [0.25, 0.3) is 0 Å². The molecule has 1 amide bonds. The number of carbonyl (C=O) groups is 1. The first kappa shape index (κ1) is 21.1. The van der Waals surface area contributed by atoms with E-state index in [1.165, 1.54) is 5.56 Å². The lowest BCUT2D eigenvalue weighted by Gasteiger charge is -2.22. The van der Waals surface area contributed by atoms with Gasteiger partial charge in [-0.15, -0.1) is 0 Å². The molecule has 31 heavy (non-hydrogen) atoms. The summed E-state index contributed by atoms with van der Waals surface area (Å²) in [5, 5.41) is 6.46. The molecule has 3 aromatic rings. The summed E-state index contributed by atoms with van der Waals surface area (Å²) >= 11 is 0. The summed E-state index contributed by atoms with van der Waals surface area (Å²) in [6.45, 7) is 2.35. The molecule has 1 aliphatic heterocycles. The number of likely N-dealkylation sites (N-methyl/N-ethyl adjacent to an activating group) is 1. The summed E-state index contributed by atoms with van der Waals surface area (Å²) in [5.41, 5.74) is 2.38. The van der Waals surface area contributed by atoms with Gasteiger partial charge in [0.1, 0.15) is 11.5 Å². The normalized spacial score (nSPS) is 18.6. The zero-order valence-corrected chi connectivity index (χ0v) is 17.8. The van der Waals surface area contributed by atoms with E-state index in [0.717, 1.165) is 43.1 Å². The van der Waals surface area contributed by atoms with Crippen molar-refractivity contribution in [2.75, 3.05) is 13.6 Å². The van der Waals surface area contributed by atoms with Gasteiger partial charge in [0.05, 0.1) is 6.04 Å². The fraction of sp³-hybridized carbons (Fsp3) is 0.269. The second kappa shape index (κ2) is 10.2. The van der Waals surface area contributed by atoms with Crippen LogP contribution in [-0.2, 0) is 17.9 Å². The van der Waals surface area contributed by atoms with Gasteiger partial charge in [0.2, 0.25) is 5.91 Å². The molecule has 0 unspecified atom stereocenters. The molecule has 0 aromatic heterocycles. The molecule has 3 aromatic carbocycles. The zero-order valence-electron chi connectivity index (χ0n) is 17.8. The second-order valence-electron chi connectivity index (χ2n) is 7.92. The highest BCUT2D eigenvalue weighted by Crippen LogP contribution is 2.24. The molecule has 5 nitrogen and oxygen atoms in total. The molecular formula is C26H29N3O2. The lowest BCUT2D eigenvalue weighted by molar-refractivity contribution is -0.125. The van der Waals surface area contributed by atoms with Crippen molar-refractivity contribution in [3.05, 3.63) is 96.1 Å². The first-order valence-corrected chi connectivity index (χ1v) is 10.8. The van der Waals surface area contributed by atoms with Crippen LogP contribution in [0.25, 0.3) is 0 Å². The summed E-state index contributed by atoms with van der Waals surface area (Å²) < 4.78 is 5.95. The Hall–Kier alpha value is -3.15. The van der Waals surface area contributed by atoms with Crippen LogP contribution in [0.2, 0.25) is 0 Å². The van der Waals surface area contributed by atoms with Gasteiger partial charge in [-0.05, 0) is 41.8 Å². The number of rotatable bonds is 8. The first-order chi connectivity index (χ1) is 15.2. The van der Waals surface area contributed by atoms with Crippen molar-refractivity contribution in [3.8, 4) is 11.5 Å². The predicted octanol–water partition coefficient (Wildman–Crippen LogP) is 3.96. The van der Waals surface area contributed by atoms with Crippen molar-refractivity contribution in [1.82, 2.24) is 15.5 Å². The van der Waals surface area contributed by atoms with Crippen LogP contribution < -0.4 is 15.4 Å². The average molecular weight is 416 g/mol.